The van der Waals surface area contributed by atoms with Gasteiger partial charge < -0.3 is 14.5 Å². The minimum Gasteiger partial charge on any atom is -0.448 e. The summed E-state index contributed by atoms with van der Waals surface area (Å²) in [4.78, 5) is 26.6. The first kappa shape index (κ1) is 15.4. The molecule has 1 saturated carbocycles. The highest BCUT2D eigenvalue weighted by Gasteiger charge is 2.64. The van der Waals surface area contributed by atoms with Crippen LogP contribution in [0.3, 0.4) is 0 Å². The van der Waals surface area contributed by atoms with E-state index in [0.717, 1.165) is 0 Å². The zero-order valence-electron chi connectivity index (χ0n) is 12.2. The SMILES string of the molecule is O=C(CC1(C(F)(F)F)CC1)N1CCC(CN2CCOC2=O)C1. The van der Waals surface area contributed by atoms with E-state index in [1.807, 2.05) is 0 Å². The van der Waals surface area contributed by atoms with E-state index in [1.165, 1.54) is 4.90 Å². The van der Waals surface area contributed by atoms with Crippen LogP contribution < -0.4 is 0 Å². The molecule has 1 atom stereocenters. The highest BCUT2D eigenvalue weighted by Crippen LogP contribution is 2.60. The summed E-state index contributed by atoms with van der Waals surface area (Å²) in [5.41, 5.74) is -1.78. The van der Waals surface area contributed by atoms with Crippen LogP contribution in [0.2, 0.25) is 0 Å². The van der Waals surface area contributed by atoms with Crippen molar-refractivity contribution >= 4 is 12.0 Å². The van der Waals surface area contributed by atoms with E-state index in [2.05, 4.69) is 0 Å². The van der Waals surface area contributed by atoms with Gasteiger partial charge >= 0.3 is 12.3 Å². The molecule has 3 fully saturated rings. The van der Waals surface area contributed by atoms with Crippen LogP contribution in [0.25, 0.3) is 0 Å². The smallest absolute Gasteiger partial charge is 0.409 e. The van der Waals surface area contributed by atoms with Gasteiger partial charge in [0.15, 0.2) is 0 Å². The lowest BCUT2D eigenvalue weighted by Gasteiger charge is -2.23. The molecule has 124 valence electrons. The van der Waals surface area contributed by atoms with Gasteiger partial charge in [-0.25, -0.2) is 4.79 Å². The zero-order chi connectivity index (χ0) is 16.0. The quantitative estimate of drug-likeness (QED) is 0.796. The van der Waals surface area contributed by atoms with Crippen molar-refractivity contribution in [3.63, 3.8) is 0 Å². The molecular formula is C14H19F3N2O3. The third-order valence-corrected chi connectivity index (χ3v) is 4.91. The van der Waals surface area contributed by atoms with Crippen molar-refractivity contribution in [2.24, 2.45) is 11.3 Å². The van der Waals surface area contributed by atoms with Gasteiger partial charge in [-0.15, -0.1) is 0 Å². The Bertz CT molecular complexity index is 476. The maximum Gasteiger partial charge on any atom is 0.409 e. The third kappa shape index (κ3) is 2.87. The first-order chi connectivity index (χ1) is 10.3. The molecule has 5 nitrogen and oxygen atoms in total. The summed E-state index contributed by atoms with van der Waals surface area (Å²) in [7, 11) is 0. The van der Waals surface area contributed by atoms with Crippen LogP contribution in [0.15, 0.2) is 0 Å². The second-order valence-electron chi connectivity index (χ2n) is 6.51. The van der Waals surface area contributed by atoms with E-state index in [9.17, 15) is 22.8 Å². The highest BCUT2D eigenvalue weighted by molar-refractivity contribution is 5.78. The van der Waals surface area contributed by atoms with Crippen molar-refractivity contribution in [1.82, 2.24) is 9.80 Å². The lowest BCUT2D eigenvalue weighted by Crippen LogP contribution is -2.36. The van der Waals surface area contributed by atoms with Gasteiger partial charge in [-0.1, -0.05) is 0 Å². The number of rotatable bonds is 4. The second kappa shape index (κ2) is 5.31. The molecule has 3 aliphatic rings. The molecule has 1 unspecified atom stereocenters. The van der Waals surface area contributed by atoms with E-state index in [-0.39, 0.29) is 24.9 Å². The molecule has 1 aliphatic carbocycles. The fraction of sp³-hybridized carbons (Fsp3) is 0.857. The molecule has 22 heavy (non-hydrogen) atoms. The van der Waals surface area contributed by atoms with Crippen molar-refractivity contribution in [2.45, 2.75) is 31.9 Å². The van der Waals surface area contributed by atoms with Crippen molar-refractivity contribution in [2.75, 3.05) is 32.8 Å². The zero-order valence-corrected chi connectivity index (χ0v) is 12.2. The number of ether oxygens (including phenoxy) is 1. The predicted molar refractivity (Wildman–Crippen MR) is 69.9 cm³/mol. The van der Waals surface area contributed by atoms with Gasteiger partial charge in [-0.2, -0.15) is 13.2 Å². The Morgan fingerprint density at radius 3 is 2.59 bits per heavy atom. The van der Waals surface area contributed by atoms with Crippen LogP contribution in [0, 0.1) is 11.3 Å². The molecule has 0 spiro atoms. The number of alkyl halides is 3. The molecule has 0 aromatic carbocycles. The maximum absolute atomic E-state index is 12.9. The molecule has 8 heteroatoms. The lowest BCUT2D eigenvalue weighted by atomic mass is 10.0. The number of carbonyl (C=O) groups excluding carboxylic acids is 2. The molecule has 0 aromatic rings. The molecule has 0 aromatic heterocycles. The Hall–Kier alpha value is -1.47. The van der Waals surface area contributed by atoms with E-state index in [4.69, 9.17) is 4.74 Å². The van der Waals surface area contributed by atoms with Crippen LogP contribution in [0.1, 0.15) is 25.7 Å². The van der Waals surface area contributed by atoms with Gasteiger partial charge in [0.05, 0.1) is 12.0 Å². The molecule has 0 radical (unpaired) electrons. The minimum atomic E-state index is -4.29. The summed E-state index contributed by atoms with van der Waals surface area (Å²) in [6.07, 6.45) is -4.25. The molecular weight excluding hydrogens is 301 g/mol. The van der Waals surface area contributed by atoms with Gasteiger partial charge in [0.25, 0.3) is 0 Å². The van der Waals surface area contributed by atoms with Crippen molar-refractivity contribution < 1.29 is 27.5 Å². The van der Waals surface area contributed by atoms with Gasteiger partial charge in [0, 0.05) is 26.1 Å². The Balaban J connectivity index is 1.50. The van der Waals surface area contributed by atoms with Gasteiger partial charge in [0.1, 0.15) is 6.61 Å². The summed E-state index contributed by atoms with van der Waals surface area (Å²) in [5.74, 6) is -0.294. The Morgan fingerprint density at radius 1 is 1.32 bits per heavy atom. The van der Waals surface area contributed by atoms with Gasteiger partial charge in [0.2, 0.25) is 5.91 Å². The van der Waals surface area contributed by atoms with E-state index in [0.29, 0.717) is 39.2 Å². The highest BCUT2D eigenvalue weighted by atomic mass is 19.4. The summed E-state index contributed by atoms with van der Waals surface area (Å²) in [6, 6.07) is 0. The second-order valence-corrected chi connectivity index (χ2v) is 6.51. The molecule has 3 rings (SSSR count). The topological polar surface area (TPSA) is 49.9 Å². The molecule has 2 amide bonds. The average molecular weight is 320 g/mol. The fourth-order valence-electron chi connectivity index (χ4n) is 3.22. The standard InChI is InChI=1S/C14H19F3N2O3/c15-14(16,17)13(2-3-13)7-11(20)18-4-1-10(8-18)9-19-5-6-22-12(19)21/h10H,1-9H2. The summed E-state index contributed by atoms with van der Waals surface area (Å²) in [5, 5.41) is 0. The number of carbonyl (C=O) groups is 2. The number of nitrogens with zero attached hydrogens (tertiary/aromatic N) is 2. The predicted octanol–water partition coefficient (Wildman–Crippen LogP) is 2.02. The Labute approximate surface area is 126 Å². The Morgan fingerprint density at radius 2 is 2.05 bits per heavy atom. The number of likely N-dealkylation sites (tertiary alicyclic amines) is 1. The van der Waals surface area contributed by atoms with Gasteiger partial charge in [-0.05, 0) is 25.2 Å². The first-order valence-electron chi connectivity index (χ1n) is 7.57. The average Bonchev–Trinajstić information content (AvgIpc) is 2.90. The molecule has 2 heterocycles. The summed E-state index contributed by atoms with van der Waals surface area (Å²) >= 11 is 0. The summed E-state index contributed by atoms with van der Waals surface area (Å²) in [6.45, 7) is 2.33. The van der Waals surface area contributed by atoms with Crippen LogP contribution in [-0.2, 0) is 9.53 Å². The van der Waals surface area contributed by atoms with E-state index < -0.39 is 23.9 Å². The number of hydrogen-bond acceptors (Lipinski definition) is 3. The van der Waals surface area contributed by atoms with Crippen LogP contribution in [-0.4, -0.2) is 60.8 Å². The third-order valence-electron chi connectivity index (χ3n) is 4.91. The number of amides is 2. The molecule has 2 saturated heterocycles. The number of hydrogen-bond donors (Lipinski definition) is 0. The normalized spacial score (nSPS) is 27.2. The Kier molecular flexibility index (Phi) is 3.72. The van der Waals surface area contributed by atoms with Crippen molar-refractivity contribution in [3.8, 4) is 0 Å². The maximum atomic E-state index is 12.9. The number of halogens is 3. The molecule has 2 aliphatic heterocycles. The van der Waals surface area contributed by atoms with Crippen LogP contribution >= 0.6 is 0 Å². The van der Waals surface area contributed by atoms with Crippen molar-refractivity contribution in [1.29, 1.82) is 0 Å². The summed E-state index contributed by atoms with van der Waals surface area (Å²) < 4.78 is 43.6. The van der Waals surface area contributed by atoms with E-state index in [1.54, 1.807) is 4.90 Å². The number of cyclic esters (lactones) is 1. The molecule has 0 bridgehead atoms. The fourth-order valence-corrected chi connectivity index (χ4v) is 3.22. The van der Waals surface area contributed by atoms with Crippen LogP contribution in [0.4, 0.5) is 18.0 Å². The monoisotopic (exact) mass is 320 g/mol. The molecule has 0 N–H and O–H groups in total. The van der Waals surface area contributed by atoms with Gasteiger partial charge in [-0.3, -0.25) is 4.79 Å². The van der Waals surface area contributed by atoms with Crippen molar-refractivity contribution in [3.05, 3.63) is 0 Å². The lowest BCUT2D eigenvalue weighted by molar-refractivity contribution is -0.192. The first-order valence-corrected chi connectivity index (χ1v) is 7.57. The minimum absolute atomic E-state index is 0.0547. The largest absolute Gasteiger partial charge is 0.448 e. The van der Waals surface area contributed by atoms with Crippen LogP contribution in [0.5, 0.6) is 0 Å². The van der Waals surface area contributed by atoms with E-state index >= 15 is 0 Å².